The van der Waals surface area contributed by atoms with Gasteiger partial charge >= 0.3 is 0 Å². The van der Waals surface area contributed by atoms with Gasteiger partial charge in [0.15, 0.2) is 0 Å². The Morgan fingerprint density at radius 1 is 1.57 bits per heavy atom. The zero-order valence-electron chi connectivity index (χ0n) is 7.39. The highest BCUT2D eigenvalue weighted by atomic mass is 35.5. The van der Waals surface area contributed by atoms with Gasteiger partial charge in [0.05, 0.1) is 0 Å². The second-order valence-electron chi connectivity index (χ2n) is 2.59. The third-order valence-electron chi connectivity index (χ3n) is 1.60. The first-order valence-corrected chi connectivity index (χ1v) is 4.34. The van der Waals surface area contributed by atoms with Crippen LogP contribution in [0.4, 0.5) is 5.69 Å². The number of nitrogens with two attached hydrogens (primary N) is 1. The van der Waals surface area contributed by atoms with Crippen molar-refractivity contribution in [3.05, 3.63) is 45.3 Å². The molecule has 0 saturated heterocycles. The summed E-state index contributed by atoms with van der Waals surface area (Å²) >= 11 is 5.79. The van der Waals surface area contributed by atoms with Crippen molar-refractivity contribution in [3.63, 3.8) is 0 Å². The monoisotopic (exact) mass is 208 g/mol. The molecule has 0 saturated carbocycles. The van der Waals surface area contributed by atoms with Gasteiger partial charge in [-0.05, 0) is 29.3 Å². The topological polar surface area (TPSA) is 74.8 Å². The summed E-state index contributed by atoms with van der Waals surface area (Å²) in [5, 5.41) is 3.99. The Balaban J connectivity index is 2.79. The van der Waals surface area contributed by atoms with Crippen LogP contribution in [0.25, 0.3) is 16.5 Å². The molecule has 0 aliphatic heterocycles. The summed E-state index contributed by atoms with van der Waals surface area (Å²) < 4.78 is 0. The summed E-state index contributed by atoms with van der Waals surface area (Å²) in [5.74, 6) is 0. The number of benzene rings is 1. The largest absolute Gasteiger partial charge is 0.398 e. The minimum absolute atomic E-state index is 0.308. The number of rotatable bonds is 3. The molecule has 2 N–H and O–H groups in total. The highest BCUT2D eigenvalue weighted by Gasteiger charge is 1.94. The SMILES string of the molecule is [N-]=[N+]=NCC=Cc1cc(Cl)ccc1N. The summed E-state index contributed by atoms with van der Waals surface area (Å²) in [6.45, 7) is 0.308. The molecule has 14 heavy (non-hydrogen) atoms. The summed E-state index contributed by atoms with van der Waals surface area (Å²) in [7, 11) is 0. The lowest BCUT2D eigenvalue weighted by Gasteiger charge is -1.99. The van der Waals surface area contributed by atoms with Crippen LogP contribution in [-0.4, -0.2) is 6.54 Å². The van der Waals surface area contributed by atoms with Crippen molar-refractivity contribution in [3.8, 4) is 0 Å². The third kappa shape index (κ3) is 3.01. The van der Waals surface area contributed by atoms with Gasteiger partial charge in [0.2, 0.25) is 0 Å². The van der Waals surface area contributed by atoms with E-state index < -0.39 is 0 Å². The lowest BCUT2D eigenvalue weighted by molar-refractivity contribution is 1.22. The first-order valence-electron chi connectivity index (χ1n) is 3.96. The van der Waals surface area contributed by atoms with Crippen molar-refractivity contribution in [2.45, 2.75) is 0 Å². The number of halogens is 1. The Labute approximate surface area is 86.6 Å². The van der Waals surface area contributed by atoms with Gasteiger partial charge in [0.25, 0.3) is 0 Å². The Hall–Kier alpha value is -1.64. The second kappa shape index (κ2) is 5.17. The minimum Gasteiger partial charge on any atom is -0.398 e. The van der Waals surface area contributed by atoms with Crippen LogP contribution < -0.4 is 5.73 Å². The van der Waals surface area contributed by atoms with Gasteiger partial charge in [0.1, 0.15) is 0 Å². The van der Waals surface area contributed by atoms with Gasteiger partial charge in [-0.1, -0.05) is 28.9 Å². The molecule has 0 aliphatic carbocycles. The van der Waals surface area contributed by atoms with Gasteiger partial charge in [-0.3, -0.25) is 0 Å². The third-order valence-corrected chi connectivity index (χ3v) is 1.83. The predicted octanol–water partition coefficient (Wildman–Crippen LogP) is 3.25. The Morgan fingerprint density at radius 2 is 2.36 bits per heavy atom. The fourth-order valence-corrected chi connectivity index (χ4v) is 1.13. The van der Waals surface area contributed by atoms with E-state index in [1.807, 2.05) is 0 Å². The molecule has 5 heteroatoms. The smallest absolute Gasteiger partial charge is 0.0443 e. The number of nitrogen functional groups attached to an aromatic ring is 1. The average Bonchev–Trinajstić information content (AvgIpc) is 2.18. The van der Waals surface area contributed by atoms with Crippen LogP contribution in [0.5, 0.6) is 0 Å². The number of hydrogen-bond donors (Lipinski definition) is 1. The van der Waals surface area contributed by atoms with Crippen LogP contribution in [0.2, 0.25) is 5.02 Å². The molecule has 1 aromatic rings. The van der Waals surface area contributed by atoms with Crippen LogP contribution in [-0.2, 0) is 0 Å². The van der Waals surface area contributed by atoms with Gasteiger partial charge in [-0.2, -0.15) is 0 Å². The zero-order chi connectivity index (χ0) is 10.4. The molecule has 0 amide bonds. The van der Waals surface area contributed by atoms with E-state index in [-0.39, 0.29) is 0 Å². The Morgan fingerprint density at radius 3 is 3.07 bits per heavy atom. The maximum Gasteiger partial charge on any atom is 0.0443 e. The Kier molecular flexibility index (Phi) is 3.85. The van der Waals surface area contributed by atoms with Crippen LogP contribution in [0.15, 0.2) is 29.4 Å². The van der Waals surface area contributed by atoms with E-state index in [2.05, 4.69) is 10.0 Å². The molecule has 0 heterocycles. The van der Waals surface area contributed by atoms with Gasteiger partial charge < -0.3 is 5.73 Å². The maximum atomic E-state index is 8.04. The summed E-state index contributed by atoms with van der Waals surface area (Å²) in [6.07, 6.45) is 3.50. The van der Waals surface area contributed by atoms with Crippen LogP contribution in [0.3, 0.4) is 0 Å². The van der Waals surface area contributed by atoms with E-state index in [0.717, 1.165) is 5.56 Å². The molecule has 0 fully saturated rings. The van der Waals surface area contributed by atoms with Gasteiger partial charge in [0, 0.05) is 22.2 Å². The molecule has 1 aromatic carbocycles. The zero-order valence-corrected chi connectivity index (χ0v) is 8.15. The Bertz CT molecular complexity index is 394. The number of azide groups is 1. The molecule has 1 rings (SSSR count). The molecule has 72 valence electrons. The van der Waals surface area contributed by atoms with E-state index in [9.17, 15) is 0 Å². The van der Waals surface area contributed by atoms with E-state index in [0.29, 0.717) is 17.3 Å². The van der Waals surface area contributed by atoms with E-state index >= 15 is 0 Å². The molecule has 0 aromatic heterocycles. The standard InChI is InChI=1S/C9H9ClN4/c10-8-3-4-9(11)7(6-8)2-1-5-13-14-12/h1-4,6H,5,11H2. The molecular weight excluding hydrogens is 200 g/mol. The van der Waals surface area contributed by atoms with E-state index in [4.69, 9.17) is 22.9 Å². The normalized spacial score (nSPS) is 10.1. The average molecular weight is 209 g/mol. The van der Waals surface area contributed by atoms with Crippen molar-refractivity contribution in [1.29, 1.82) is 0 Å². The summed E-state index contributed by atoms with van der Waals surface area (Å²) in [5.41, 5.74) is 15.2. The molecule has 0 bridgehead atoms. The molecule has 0 aliphatic rings. The van der Waals surface area contributed by atoms with Crippen molar-refractivity contribution < 1.29 is 0 Å². The number of nitrogens with zero attached hydrogens (tertiary/aromatic N) is 3. The van der Waals surface area contributed by atoms with Gasteiger partial charge in [-0.25, -0.2) is 0 Å². The van der Waals surface area contributed by atoms with E-state index in [1.54, 1.807) is 30.4 Å². The highest BCUT2D eigenvalue weighted by molar-refractivity contribution is 6.30. The molecule has 0 radical (unpaired) electrons. The van der Waals surface area contributed by atoms with E-state index in [1.165, 1.54) is 0 Å². The lowest BCUT2D eigenvalue weighted by Crippen LogP contribution is -1.88. The summed E-state index contributed by atoms with van der Waals surface area (Å²) in [6, 6.07) is 5.21. The van der Waals surface area contributed by atoms with Crippen molar-refractivity contribution >= 4 is 23.4 Å². The van der Waals surface area contributed by atoms with Crippen molar-refractivity contribution in [1.82, 2.24) is 0 Å². The second-order valence-corrected chi connectivity index (χ2v) is 3.03. The van der Waals surface area contributed by atoms with Gasteiger partial charge in [-0.15, -0.1) is 0 Å². The quantitative estimate of drug-likeness (QED) is 0.352. The summed E-state index contributed by atoms with van der Waals surface area (Å²) in [4.78, 5) is 2.62. The van der Waals surface area contributed by atoms with Crippen LogP contribution in [0, 0.1) is 0 Å². The molecule has 0 spiro atoms. The predicted molar refractivity (Wildman–Crippen MR) is 58.9 cm³/mol. The molecule has 4 nitrogen and oxygen atoms in total. The fraction of sp³-hybridized carbons (Fsp3) is 0.111. The van der Waals surface area contributed by atoms with Crippen molar-refractivity contribution in [2.75, 3.05) is 12.3 Å². The molecule has 0 atom stereocenters. The minimum atomic E-state index is 0.308. The number of anilines is 1. The van der Waals surface area contributed by atoms with Crippen LogP contribution >= 0.6 is 11.6 Å². The maximum absolute atomic E-state index is 8.04. The van der Waals surface area contributed by atoms with Crippen LogP contribution in [0.1, 0.15) is 5.56 Å². The first kappa shape index (κ1) is 10.4. The number of hydrogen-bond acceptors (Lipinski definition) is 2. The molecule has 0 unspecified atom stereocenters. The fourth-order valence-electron chi connectivity index (χ4n) is 0.953. The molecular formula is C9H9ClN4. The van der Waals surface area contributed by atoms with Crippen molar-refractivity contribution in [2.24, 2.45) is 5.11 Å². The lowest BCUT2D eigenvalue weighted by atomic mass is 10.1. The highest BCUT2D eigenvalue weighted by Crippen LogP contribution is 2.18. The first-order chi connectivity index (χ1) is 6.74.